The maximum atomic E-state index is 10.4. The molecule has 15 heavy (non-hydrogen) atoms. The molecule has 0 atom stereocenters. The number of hydrogen-bond donors (Lipinski definition) is 1. The van der Waals surface area contributed by atoms with Gasteiger partial charge in [0.05, 0.1) is 11.4 Å². The van der Waals surface area contributed by atoms with Crippen LogP contribution in [0.3, 0.4) is 0 Å². The Kier molecular flexibility index (Phi) is 3.40. The average Bonchev–Trinajstić information content (AvgIpc) is 2.85. The predicted octanol–water partition coefficient (Wildman–Crippen LogP) is 3.05. The zero-order valence-electron chi connectivity index (χ0n) is 7.54. The smallest absolute Gasteiger partial charge is 0.313 e. The highest BCUT2D eigenvalue weighted by Crippen LogP contribution is 2.29. The van der Waals surface area contributed by atoms with Crippen LogP contribution in [0.15, 0.2) is 26.5 Å². The Balaban J connectivity index is 2.08. The van der Waals surface area contributed by atoms with Gasteiger partial charge in [0.1, 0.15) is 0 Å². The summed E-state index contributed by atoms with van der Waals surface area (Å²) in [6, 6.07) is 2.01. The van der Waals surface area contributed by atoms with E-state index >= 15 is 0 Å². The molecule has 0 fully saturated rings. The second kappa shape index (κ2) is 4.78. The lowest BCUT2D eigenvalue weighted by molar-refractivity contribution is -0.133. The molecule has 0 bridgehead atoms. The van der Waals surface area contributed by atoms with Gasteiger partial charge >= 0.3 is 5.97 Å². The molecule has 2 rings (SSSR count). The van der Waals surface area contributed by atoms with Crippen molar-refractivity contribution in [2.75, 3.05) is 5.75 Å². The number of rotatable bonds is 4. The Hall–Kier alpha value is -0.850. The van der Waals surface area contributed by atoms with Crippen molar-refractivity contribution >= 4 is 40.4 Å². The van der Waals surface area contributed by atoms with E-state index in [1.165, 1.54) is 23.1 Å². The van der Waals surface area contributed by atoms with E-state index in [-0.39, 0.29) is 5.75 Å². The number of thiazole rings is 1. The van der Waals surface area contributed by atoms with E-state index in [0.29, 0.717) is 0 Å². The fraction of sp³-hybridized carbons (Fsp3) is 0.111. The van der Waals surface area contributed by atoms with E-state index in [2.05, 4.69) is 4.98 Å². The molecule has 0 amide bonds. The molecule has 0 saturated heterocycles. The molecule has 6 heteroatoms. The van der Waals surface area contributed by atoms with Gasteiger partial charge in [0.25, 0.3) is 0 Å². The Morgan fingerprint density at radius 3 is 3.07 bits per heavy atom. The van der Waals surface area contributed by atoms with Crippen LogP contribution in [0, 0.1) is 0 Å². The van der Waals surface area contributed by atoms with Crippen LogP contribution in [-0.2, 0) is 4.79 Å². The van der Waals surface area contributed by atoms with Gasteiger partial charge in [0.2, 0.25) is 0 Å². The van der Waals surface area contributed by atoms with Crippen LogP contribution in [0.2, 0.25) is 0 Å². The van der Waals surface area contributed by atoms with E-state index in [1.54, 1.807) is 11.3 Å². The second-order valence-corrected chi connectivity index (χ2v) is 5.55. The van der Waals surface area contributed by atoms with Crippen LogP contribution in [0.25, 0.3) is 11.3 Å². The molecule has 0 spiro atoms. The van der Waals surface area contributed by atoms with Crippen LogP contribution in [0.5, 0.6) is 0 Å². The maximum Gasteiger partial charge on any atom is 0.313 e. The Bertz CT molecular complexity index is 450. The molecule has 0 radical (unpaired) electrons. The van der Waals surface area contributed by atoms with E-state index in [0.717, 1.165) is 15.6 Å². The van der Waals surface area contributed by atoms with Gasteiger partial charge in [-0.25, -0.2) is 4.98 Å². The second-order valence-electron chi connectivity index (χ2n) is 2.69. The van der Waals surface area contributed by atoms with E-state index in [9.17, 15) is 4.79 Å². The Labute approximate surface area is 98.8 Å². The van der Waals surface area contributed by atoms with Gasteiger partial charge < -0.3 is 5.11 Å². The normalized spacial score (nSPS) is 10.4. The Morgan fingerprint density at radius 1 is 1.53 bits per heavy atom. The summed E-state index contributed by atoms with van der Waals surface area (Å²) in [5.41, 5.74) is 2.02. The molecule has 2 aromatic heterocycles. The van der Waals surface area contributed by atoms with E-state index < -0.39 is 5.97 Å². The summed E-state index contributed by atoms with van der Waals surface area (Å²) in [5.74, 6) is -0.747. The first-order chi connectivity index (χ1) is 7.25. The van der Waals surface area contributed by atoms with Gasteiger partial charge in [-0.15, -0.1) is 11.3 Å². The molecule has 2 heterocycles. The summed E-state index contributed by atoms with van der Waals surface area (Å²) in [4.78, 5) is 14.7. The molecular formula is C9H7NO2S3. The molecular weight excluding hydrogens is 250 g/mol. The standard InChI is InChI=1S/C9H7NO2S3/c11-8(12)5-15-9-10-7(4-14-9)6-1-2-13-3-6/h1-4H,5H2,(H,11,12). The number of aliphatic carboxylic acids is 1. The summed E-state index contributed by atoms with van der Waals surface area (Å²) >= 11 is 4.37. The van der Waals surface area contributed by atoms with Crippen molar-refractivity contribution in [3.05, 3.63) is 22.2 Å². The van der Waals surface area contributed by atoms with Crippen molar-refractivity contribution < 1.29 is 9.90 Å². The van der Waals surface area contributed by atoms with Crippen molar-refractivity contribution in [2.24, 2.45) is 0 Å². The number of aromatic nitrogens is 1. The molecule has 1 N–H and O–H groups in total. The zero-order valence-corrected chi connectivity index (χ0v) is 9.99. The molecule has 0 aliphatic rings. The molecule has 0 saturated carbocycles. The number of carboxylic acid groups (broad SMARTS) is 1. The van der Waals surface area contributed by atoms with Crippen LogP contribution >= 0.6 is 34.4 Å². The number of carboxylic acids is 1. The number of thioether (sulfide) groups is 1. The first kappa shape index (κ1) is 10.7. The largest absolute Gasteiger partial charge is 0.481 e. The van der Waals surface area contributed by atoms with Gasteiger partial charge in [0.15, 0.2) is 4.34 Å². The molecule has 0 unspecified atom stereocenters. The number of nitrogens with zero attached hydrogens (tertiary/aromatic N) is 1. The zero-order chi connectivity index (χ0) is 10.7. The highest BCUT2D eigenvalue weighted by atomic mass is 32.2. The van der Waals surface area contributed by atoms with Crippen molar-refractivity contribution in [3.8, 4) is 11.3 Å². The monoisotopic (exact) mass is 257 g/mol. The fourth-order valence-electron chi connectivity index (χ4n) is 0.990. The summed E-state index contributed by atoms with van der Waals surface area (Å²) in [7, 11) is 0. The van der Waals surface area contributed by atoms with Gasteiger partial charge in [-0.3, -0.25) is 4.79 Å². The lowest BCUT2D eigenvalue weighted by Gasteiger charge is -1.90. The third-order valence-corrected chi connectivity index (χ3v) is 4.31. The molecule has 0 aliphatic carbocycles. The minimum atomic E-state index is -0.813. The molecule has 0 aliphatic heterocycles. The molecule has 3 nitrogen and oxygen atoms in total. The number of hydrogen-bond acceptors (Lipinski definition) is 5. The summed E-state index contributed by atoms with van der Waals surface area (Å²) in [5, 5.41) is 14.5. The summed E-state index contributed by atoms with van der Waals surface area (Å²) < 4.78 is 0.804. The van der Waals surface area contributed by atoms with Crippen molar-refractivity contribution in [1.82, 2.24) is 4.98 Å². The third-order valence-electron chi connectivity index (χ3n) is 1.62. The molecule has 0 aromatic carbocycles. The van der Waals surface area contributed by atoms with Gasteiger partial charge in [-0.1, -0.05) is 11.8 Å². The first-order valence-corrected chi connectivity index (χ1v) is 6.89. The van der Waals surface area contributed by atoms with Gasteiger partial charge in [-0.05, 0) is 11.4 Å². The minimum absolute atomic E-state index is 0.0661. The predicted molar refractivity (Wildman–Crippen MR) is 63.8 cm³/mol. The van der Waals surface area contributed by atoms with Crippen LogP contribution in [0.1, 0.15) is 0 Å². The first-order valence-electron chi connectivity index (χ1n) is 4.08. The van der Waals surface area contributed by atoms with Crippen molar-refractivity contribution in [3.63, 3.8) is 0 Å². The highest BCUT2D eigenvalue weighted by molar-refractivity contribution is 8.01. The Morgan fingerprint density at radius 2 is 2.40 bits per heavy atom. The highest BCUT2D eigenvalue weighted by Gasteiger charge is 2.06. The summed E-state index contributed by atoms with van der Waals surface area (Å²) in [6.07, 6.45) is 0. The minimum Gasteiger partial charge on any atom is -0.481 e. The number of thiophene rings is 1. The van der Waals surface area contributed by atoms with E-state index in [4.69, 9.17) is 5.11 Å². The maximum absolute atomic E-state index is 10.4. The lowest BCUT2D eigenvalue weighted by atomic mass is 10.3. The molecule has 78 valence electrons. The molecule has 2 aromatic rings. The SMILES string of the molecule is O=C(O)CSc1nc(-c2ccsc2)cs1. The van der Waals surface area contributed by atoms with Crippen LogP contribution in [-0.4, -0.2) is 21.8 Å². The third kappa shape index (κ3) is 2.80. The van der Waals surface area contributed by atoms with Crippen molar-refractivity contribution in [2.45, 2.75) is 4.34 Å². The van der Waals surface area contributed by atoms with Gasteiger partial charge in [0, 0.05) is 16.3 Å². The topological polar surface area (TPSA) is 50.2 Å². The number of carbonyl (C=O) groups is 1. The quantitative estimate of drug-likeness (QED) is 0.855. The van der Waals surface area contributed by atoms with E-state index in [1.807, 2.05) is 22.2 Å². The van der Waals surface area contributed by atoms with Crippen molar-refractivity contribution in [1.29, 1.82) is 0 Å². The van der Waals surface area contributed by atoms with Crippen LogP contribution in [0.4, 0.5) is 0 Å². The summed E-state index contributed by atoms with van der Waals surface area (Å²) in [6.45, 7) is 0. The van der Waals surface area contributed by atoms with Crippen LogP contribution < -0.4 is 0 Å². The lowest BCUT2D eigenvalue weighted by Crippen LogP contribution is -1.96. The fourth-order valence-corrected chi connectivity index (χ4v) is 3.19. The van der Waals surface area contributed by atoms with Gasteiger partial charge in [-0.2, -0.15) is 11.3 Å². The average molecular weight is 257 g/mol.